The van der Waals surface area contributed by atoms with Crippen molar-refractivity contribution < 1.29 is 8.42 Å². The second-order valence-corrected chi connectivity index (χ2v) is 7.71. The molecule has 112 valence electrons. The molecule has 1 aromatic rings. The van der Waals surface area contributed by atoms with Gasteiger partial charge in [0.2, 0.25) is 10.0 Å². The Morgan fingerprint density at radius 3 is 2.65 bits per heavy atom. The van der Waals surface area contributed by atoms with E-state index in [-0.39, 0.29) is 27.9 Å². The Balaban J connectivity index is 2.49. The smallest absolute Gasteiger partial charge is 0.207 e. The van der Waals surface area contributed by atoms with E-state index < -0.39 is 10.0 Å². The molecule has 1 aliphatic heterocycles. The molecule has 0 aromatic heterocycles. The van der Waals surface area contributed by atoms with E-state index in [9.17, 15) is 8.42 Å². The van der Waals surface area contributed by atoms with Gasteiger partial charge >= 0.3 is 0 Å². The normalized spacial score (nSPS) is 24.2. The lowest BCUT2D eigenvalue weighted by molar-refractivity contribution is 0.328. The van der Waals surface area contributed by atoms with Gasteiger partial charge in [-0.3, -0.25) is 0 Å². The molecule has 2 atom stereocenters. The van der Waals surface area contributed by atoms with Crippen LogP contribution in [0.4, 0.5) is 0 Å². The fraction of sp³-hybridized carbons (Fsp3) is 0.571. The minimum atomic E-state index is -3.57. The SMILES string of the molecule is CCC1CCC(C)N1S(=O)(=O)c1cc(CCl)ccc1Cl. The molecule has 0 bridgehead atoms. The maximum absolute atomic E-state index is 12.9. The van der Waals surface area contributed by atoms with Gasteiger partial charge in [0, 0.05) is 18.0 Å². The lowest BCUT2D eigenvalue weighted by Gasteiger charge is -2.27. The van der Waals surface area contributed by atoms with Crippen molar-refractivity contribution in [3.05, 3.63) is 28.8 Å². The second-order valence-electron chi connectivity index (χ2n) is 5.22. The molecule has 0 amide bonds. The number of sulfonamides is 1. The van der Waals surface area contributed by atoms with Crippen LogP contribution in [0.25, 0.3) is 0 Å². The summed E-state index contributed by atoms with van der Waals surface area (Å²) < 4.78 is 27.4. The molecule has 2 rings (SSSR count). The minimum Gasteiger partial charge on any atom is -0.207 e. The van der Waals surface area contributed by atoms with E-state index in [2.05, 4.69) is 0 Å². The zero-order chi connectivity index (χ0) is 14.9. The summed E-state index contributed by atoms with van der Waals surface area (Å²) in [7, 11) is -3.57. The van der Waals surface area contributed by atoms with Crippen molar-refractivity contribution in [3.63, 3.8) is 0 Å². The average Bonchev–Trinajstić information content (AvgIpc) is 2.81. The summed E-state index contributed by atoms with van der Waals surface area (Å²) in [5, 5.41) is 0.257. The Morgan fingerprint density at radius 1 is 1.35 bits per heavy atom. The molecule has 1 saturated heterocycles. The van der Waals surface area contributed by atoms with Gasteiger partial charge in [0.25, 0.3) is 0 Å². The fourth-order valence-corrected chi connectivity index (χ4v) is 5.45. The number of halogens is 2. The van der Waals surface area contributed by atoms with Crippen LogP contribution in [0.3, 0.4) is 0 Å². The minimum absolute atomic E-state index is 0.0145. The number of rotatable bonds is 4. The predicted octanol–water partition coefficient (Wildman–Crippen LogP) is 4.03. The van der Waals surface area contributed by atoms with Crippen LogP contribution in [0.5, 0.6) is 0 Å². The lowest BCUT2D eigenvalue weighted by atomic mass is 10.2. The first-order valence-electron chi connectivity index (χ1n) is 6.79. The summed E-state index contributed by atoms with van der Waals surface area (Å²) in [6.45, 7) is 3.97. The van der Waals surface area contributed by atoms with Gasteiger partial charge in [-0.1, -0.05) is 24.6 Å². The highest BCUT2D eigenvalue weighted by Crippen LogP contribution is 2.35. The monoisotopic (exact) mass is 335 g/mol. The highest BCUT2D eigenvalue weighted by Gasteiger charge is 2.39. The van der Waals surface area contributed by atoms with Gasteiger partial charge < -0.3 is 0 Å². The highest BCUT2D eigenvalue weighted by molar-refractivity contribution is 7.89. The Morgan fingerprint density at radius 2 is 2.05 bits per heavy atom. The van der Waals surface area contributed by atoms with Crippen LogP contribution in [-0.4, -0.2) is 24.8 Å². The molecule has 0 aliphatic carbocycles. The van der Waals surface area contributed by atoms with Crippen LogP contribution in [0.15, 0.2) is 23.1 Å². The zero-order valence-corrected chi connectivity index (χ0v) is 14.0. The Kier molecular flexibility index (Phi) is 5.00. The van der Waals surface area contributed by atoms with E-state index in [0.29, 0.717) is 0 Å². The third-order valence-corrected chi connectivity index (χ3v) is 6.75. The Bertz CT molecular complexity index is 589. The first kappa shape index (κ1) is 16.1. The number of hydrogen-bond acceptors (Lipinski definition) is 2. The number of hydrogen-bond donors (Lipinski definition) is 0. The molecular weight excluding hydrogens is 317 g/mol. The zero-order valence-electron chi connectivity index (χ0n) is 11.6. The van der Waals surface area contributed by atoms with Crippen LogP contribution in [-0.2, 0) is 15.9 Å². The lowest BCUT2D eigenvalue weighted by Crippen LogP contribution is -2.39. The summed E-state index contributed by atoms with van der Waals surface area (Å²) in [6.07, 6.45) is 2.62. The molecule has 20 heavy (non-hydrogen) atoms. The fourth-order valence-electron chi connectivity index (χ4n) is 2.81. The molecule has 3 nitrogen and oxygen atoms in total. The molecule has 1 fully saturated rings. The Labute approximate surface area is 130 Å². The first-order chi connectivity index (χ1) is 9.41. The van der Waals surface area contributed by atoms with E-state index in [1.165, 1.54) is 0 Å². The summed E-state index contributed by atoms with van der Waals surface area (Å²) in [5.74, 6) is 0.270. The third-order valence-electron chi connectivity index (χ3n) is 3.89. The summed E-state index contributed by atoms with van der Waals surface area (Å²) in [6, 6.07) is 5.02. The molecule has 1 heterocycles. The van der Waals surface area contributed by atoms with E-state index in [1.807, 2.05) is 13.8 Å². The van der Waals surface area contributed by atoms with Gasteiger partial charge in [-0.05, 0) is 43.9 Å². The quantitative estimate of drug-likeness (QED) is 0.779. The number of nitrogens with zero attached hydrogens (tertiary/aromatic N) is 1. The molecule has 1 aliphatic rings. The molecule has 2 unspecified atom stereocenters. The van der Waals surface area contributed by atoms with Crippen LogP contribution in [0.1, 0.15) is 38.7 Å². The largest absolute Gasteiger partial charge is 0.245 e. The highest BCUT2D eigenvalue weighted by atomic mass is 35.5. The van der Waals surface area contributed by atoms with Crippen LogP contribution in [0.2, 0.25) is 5.02 Å². The van der Waals surface area contributed by atoms with E-state index in [4.69, 9.17) is 23.2 Å². The van der Waals surface area contributed by atoms with Crippen LogP contribution >= 0.6 is 23.2 Å². The van der Waals surface area contributed by atoms with Gasteiger partial charge in [-0.25, -0.2) is 8.42 Å². The maximum Gasteiger partial charge on any atom is 0.245 e. The predicted molar refractivity (Wildman–Crippen MR) is 82.8 cm³/mol. The molecule has 1 aromatic carbocycles. The van der Waals surface area contributed by atoms with E-state index >= 15 is 0 Å². The van der Waals surface area contributed by atoms with Gasteiger partial charge in [0.1, 0.15) is 4.90 Å². The van der Waals surface area contributed by atoms with Gasteiger partial charge in [-0.15, -0.1) is 11.6 Å². The summed E-state index contributed by atoms with van der Waals surface area (Å²) >= 11 is 11.9. The maximum atomic E-state index is 12.9. The van der Waals surface area contributed by atoms with E-state index in [1.54, 1.807) is 22.5 Å². The van der Waals surface area contributed by atoms with Crippen LogP contribution < -0.4 is 0 Å². The molecule has 6 heteroatoms. The topological polar surface area (TPSA) is 37.4 Å². The van der Waals surface area contributed by atoms with Crippen molar-refractivity contribution in [1.82, 2.24) is 4.31 Å². The summed E-state index contributed by atoms with van der Waals surface area (Å²) in [4.78, 5) is 0.171. The molecule has 0 spiro atoms. The van der Waals surface area contributed by atoms with Crippen molar-refractivity contribution in [2.45, 2.75) is 56.0 Å². The molecular formula is C14H19Cl2NO2S. The summed E-state index contributed by atoms with van der Waals surface area (Å²) in [5.41, 5.74) is 0.759. The van der Waals surface area contributed by atoms with Crippen molar-refractivity contribution in [1.29, 1.82) is 0 Å². The van der Waals surface area contributed by atoms with Crippen LogP contribution in [0, 0.1) is 0 Å². The molecule has 0 radical (unpaired) electrons. The van der Waals surface area contributed by atoms with Crippen molar-refractivity contribution in [2.75, 3.05) is 0 Å². The van der Waals surface area contributed by atoms with Crippen molar-refractivity contribution >= 4 is 33.2 Å². The third kappa shape index (κ3) is 2.84. The molecule has 0 saturated carbocycles. The van der Waals surface area contributed by atoms with Crippen molar-refractivity contribution in [3.8, 4) is 0 Å². The standard InChI is InChI=1S/C14H19Cl2NO2S/c1-3-12-6-4-10(2)17(12)20(18,19)14-8-11(9-15)5-7-13(14)16/h5,7-8,10,12H,3-4,6,9H2,1-2H3. The van der Waals surface area contributed by atoms with E-state index in [0.717, 1.165) is 24.8 Å². The van der Waals surface area contributed by atoms with Gasteiger partial charge in [-0.2, -0.15) is 4.31 Å². The molecule has 0 N–H and O–H groups in total. The first-order valence-corrected chi connectivity index (χ1v) is 9.15. The number of alkyl halides is 1. The van der Waals surface area contributed by atoms with Gasteiger partial charge in [0.15, 0.2) is 0 Å². The van der Waals surface area contributed by atoms with Gasteiger partial charge in [0.05, 0.1) is 5.02 Å². The number of benzene rings is 1. The Hall–Kier alpha value is -0.290. The second kappa shape index (κ2) is 6.22. The average molecular weight is 336 g/mol. The van der Waals surface area contributed by atoms with Crippen molar-refractivity contribution in [2.24, 2.45) is 0 Å².